The van der Waals surface area contributed by atoms with Crippen molar-refractivity contribution < 1.29 is 9.50 Å². The molecule has 1 heterocycles. The maximum absolute atomic E-state index is 12.1. The summed E-state index contributed by atoms with van der Waals surface area (Å²) in [7, 11) is 0. The number of aromatic hydroxyl groups is 1. The van der Waals surface area contributed by atoms with Crippen LogP contribution in [-0.4, -0.2) is 10.1 Å². The fraction of sp³-hybridized carbons (Fsp3) is 0.167. The topological polar surface area (TPSA) is 33.1 Å². The van der Waals surface area contributed by atoms with Crippen LogP contribution in [0, 0.1) is 12.9 Å². The zero-order valence-corrected chi connectivity index (χ0v) is 4.93. The second-order valence-electron chi connectivity index (χ2n) is 1.82. The highest BCUT2D eigenvalue weighted by Gasteiger charge is 1.97. The Morgan fingerprint density at radius 3 is 2.78 bits per heavy atom. The molecule has 0 bridgehead atoms. The minimum atomic E-state index is -0.819. The average molecular weight is 127 g/mol. The van der Waals surface area contributed by atoms with Crippen molar-refractivity contribution in [1.29, 1.82) is 0 Å². The first kappa shape index (κ1) is 6.01. The summed E-state index contributed by atoms with van der Waals surface area (Å²) in [5, 5.41) is 8.66. The molecule has 0 radical (unpaired) electrons. The van der Waals surface area contributed by atoms with Gasteiger partial charge in [-0.25, -0.2) is 4.98 Å². The molecule has 0 atom stereocenters. The molecule has 0 fully saturated rings. The summed E-state index contributed by atoms with van der Waals surface area (Å²) in [5.74, 6) is -1.21. The lowest BCUT2D eigenvalue weighted by molar-refractivity contribution is 0.418. The summed E-state index contributed by atoms with van der Waals surface area (Å²) in [6, 6.07) is 1.32. The normalized spacial score (nSPS) is 9.56. The number of pyridine rings is 1. The van der Waals surface area contributed by atoms with Gasteiger partial charge in [-0.3, -0.25) is 0 Å². The molecule has 48 valence electrons. The number of aromatic nitrogens is 1. The molecule has 0 aliphatic rings. The van der Waals surface area contributed by atoms with Gasteiger partial charge in [0.25, 0.3) is 5.95 Å². The molecule has 1 N–H and O–H groups in total. The van der Waals surface area contributed by atoms with E-state index in [0.717, 1.165) is 5.56 Å². The first-order valence-corrected chi connectivity index (χ1v) is 2.51. The van der Waals surface area contributed by atoms with Crippen LogP contribution in [0.4, 0.5) is 4.39 Å². The van der Waals surface area contributed by atoms with E-state index in [1.54, 1.807) is 6.92 Å². The van der Waals surface area contributed by atoms with Crippen molar-refractivity contribution in [3.63, 3.8) is 0 Å². The van der Waals surface area contributed by atoms with Gasteiger partial charge < -0.3 is 5.11 Å². The van der Waals surface area contributed by atoms with Crippen LogP contribution < -0.4 is 0 Å². The lowest BCUT2D eigenvalue weighted by Gasteiger charge is -1.92. The summed E-state index contributed by atoms with van der Waals surface area (Å²) < 4.78 is 12.1. The summed E-state index contributed by atoms with van der Waals surface area (Å²) >= 11 is 0. The van der Waals surface area contributed by atoms with E-state index in [1.807, 2.05) is 0 Å². The maximum atomic E-state index is 12.1. The van der Waals surface area contributed by atoms with Gasteiger partial charge >= 0.3 is 0 Å². The molecule has 0 aromatic carbocycles. The molecule has 2 nitrogen and oxygen atoms in total. The van der Waals surface area contributed by atoms with Crippen LogP contribution in [-0.2, 0) is 0 Å². The molecular formula is C6H6FNO. The summed E-state index contributed by atoms with van der Waals surface area (Å²) in [5.41, 5.74) is 0.744. The predicted octanol–water partition coefficient (Wildman–Crippen LogP) is 1.23. The number of aryl methyl sites for hydroxylation is 1. The Kier molecular flexibility index (Phi) is 1.34. The second-order valence-corrected chi connectivity index (χ2v) is 1.82. The van der Waals surface area contributed by atoms with Crippen LogP contribution in [0.1, 0.15) is 5.56 Å². The van der Waals surface area contributed by atoms with Gasteiger partial charge in [-0.15, -0.1) is 0 Å². The Morgan fingerprint density at radius 2 is 2.33 bits per heavy atom. The summed E-state index contributed by atoms with van der Waals surface area (Å²) in [4.78, 5) is 3.26. The van der Waals surface area contributed by atoms with E-state index in [9.17, 15) is 4.39 Å². The highest BCUT2D eigenvalue weighted by Crippen LogP contribution is 2.12. The van der Waals surface area contributed by atoms with Gasteiger partial charge in [-0.1, -0.05) is 0 Å². The molecule has 9 heavy (non-hydrogen) atoms. The van der Waals surface area contributed by atoms with E-state index in [-0.39, 0.29) is 0 Å². The summed E-state index contributed by atoms with van der Waals surface area (Å²) in [6.45, 7) is 1.73. The minimum Gasteiger partial charge on any atom is -0.504 e. The van der Waals surface area contributed by atoms with Crippen molar-refractivity contribution in [2.75, 3.05) is 0 Å². The largest absolute Gasteiger partial charge is 0.504 e. The fourth-order valence-corrected chi connectivity index (χ4v) is 0.537. The smallest absolute Gasteiger partial charge is 0.254 e. The fourth-order valence-electron chi connectivity index (χ4n) is 0.537. The zero-order chi connectivity index (χ0) is 6.85. The number of rotatable bonds is 0. The zero-order valence-electron chi connectivity index (χ0n) is 4.93. The molecule has 3 heteroatoms. The Balaban J connectivity index is 3.17. The monoisotopic (exact) mass is 127 g/mol. The van der Waals surface area contributed by atoms with Crippen molar-refractivity contribution in [3.05, 3.63) is 23.8 Å². The van der Waals surface area contributed by atoms with Crippen molar-refractivity contribution >= 4 is 0 Å². The molecule has 1 aromatic rings. The van der Waals surface area contributed by atoms with Crippen molar-refractivity contribution in [2.45, 2.75) is 6.92 Å². The van der Waals surface area contributed by atoms with E-state index < -0.39 is 11.7 Å². The number of halogens is 1. The van der Waals surface area contributed by atoms with E-state index in [2.05, 4.69) is 4.98 Å². The van der Waals surface area contributed by atoms with Gasteiger partial charge in [0, 0.05) is 6.20 Å². The molecular weight excluding hydrogens is 121 g/mol. The Morgan fingerprint density at radius 1 is 1.67 bits per heavy atom. The molecule has 0 saturated heterocycles. The SMILES string of the molecule is Cc1cnc(F)c(O)c1. The molecule has 0 spiro atoms. The van der Waals surface area contributed by atoms with E-state index in [0.29, 0.717) is 0 Å². The maximum Gasteiger partial charge on any atom is 0.254 e. The van der Waals surface area contributed by atoms with Gasteiger partial charge in [-0.05, 0) is 18.6 Å². The quantitative estimate of drug-likeness (QED) is 0.532. The molecule has 0 aliphatic carbocycles. The van der Waals surface area contributed by atoms with Crippen LogP contribution in [0.2, 0.25) is 0 Å². The van der Waals surface area contributed by atoms with E-state index >= 15 is 0 Å². The molecule has 1 aromatic heterocycles. The van der Waals surface area contributed by atoms with Gasteiger partial charge in [0.15, 0.2) is 5.75 Å². The van der Waals surface area contributed by atoms with Crippen LogP contribution in [0.25, 0.3) is 0 Å². The van der Waals surface area contributed by atoms with Crippen LogP contribution >= 0.6 is 0 Å². The Bertz CT molecular complexity index is 224. The molecule has 0 aliphatic heterocycles. The Hall–Kier alpha value is -1.12. The first-order valence-electron chi connectivity index (χ1n) is 2.51. The van der Waals surface area contributed by atoms with E-state index in [4.69, 9.17) is 5.11 Å². The Labute approximate surface area is 52.0 Å². The van der Waals surface area contributed by atoms with Gasteiger partial charge in [0.05, 0.1) is 0 Å². The third-order valence-corrected chi connectivity index (χ3v) is 0.957. The first-order chi connectivity index (χ1) is 4.20. The molecule has 0 amide bonds. The number of hydrogen-bond donors (Lipinski definition) is 1. The van der Waals surface area contributed by atoms with Crippen molar-refractivity contribution in [1.82, 2.24) is 4.98 Å². The molecule has 0 saturated carbocycles. The van der Waals surface area contributed by atoms with Crippen molar-refractivity contribution in [2.24, 2.45) is 0 Å². The highest BCUT2D eigenvalue weighted by atomic mass is 19.1. The highest BCUT2D eigenvalue weighted by molar-refractivity contribution is 5.21. The minimum absolute atomic E-state index is 0.394. The van der Waals surface area contributed by atoms with Crippen LogP contribution in [0.15, 0.2) is 12.3 Å². The molecule has 0 unspecified atom stereocenters. The third-order valence-electron chi connectivity index (χ3n) is 0.957. The average Bonchev–Trinajstić information content (AvgIpc) is 1.80. The van der Waals surface area contributed by atoms with Gasteiger partial charge in [0.1, 0.15) is 0 Å². The number of hydrogen-bond acceptors (Lipinski definition) is 2. The van der Waals surface area contributed by atoms with Crippen LogP contribution in [0.3, 0.4) is 0 Å². The van der Waals surface area contributed by atoms with Gasteiger partial charge in [-0.2, -0.15) is 4.39 Å². The third kappa shape index (κ3) is 1.16. The standard InChI is InChI=1S/C6H6FNO/c1-4-2-5(9)6(7)8-3-4/h2-3,9H,1H3. The van der Waals surface area contributed by atoms with Crippen molar-refractivity contribution in [3.8, 4) is 5.75 Å². The van der Waals surface area contributed by atoms with Gasteiger partial charge in [0.2, 0.25) is 0 Å². The second kappa shape index (κ2) is 2.01. The molecule has 1 rings (SSSR count). The predicted molar refractivity (Wildman–Crippen MR) is 30.6 cm³/mol. The lowest BCUT2D eigenvalue weighted by atomic mass is 10.3. The van der Waals surface area contributed by atoms with E-state index in [1.165, 1.54) is 12.3 Å². The summed E-state index contributed by atoms with van der Waals surface area (Å²) in [6.07, 6.45) is 1.36. The van der Waals surface area contributed by atoms with Crippen LogP contribution in [0.5, 0.6) is 5.75 Å². The lowest BCUT2D eigenvalue weighted by Crippen LogP contribution is -1.82. The number of nitrogens with zero attached hydrogens (tertiary/aromatic N) is 1.